The van der Waals surface area contributed by atoms with E-state index in [0.717, 1.165) is 28.8 Å². The van der Waals surface area contributed by atoms with Gasteiger partial charge in [-0.1, -0.05) is 64.8 Å². The minimum absolute atomic E-state index is 0.522. The first kappa shape index (κ1) is 17.3. The maximum Gasteiger partial charge on any atom is 0.191 e. The summed E-state index contributed by atoms with van der Waals surface area (Å²) in [4.78, 5) is 0. The van der Waals surface area contributed by atoms with E-state index in [1.54, 1.807) is 17.8 Å². The molecule has 24 heavy (non-hydrogen) atoms. The second kappa shape index (κ2) is 7.60. The number of rotatable bonds is 5. The molecule has 0 amide bonds. The predicted molar refractivity (Wildman–Crippen MR) is 102 cm³/mol. The molecule has 0 aliphatic carbocycles. The molecule has 0 saturated heterocycles. The summed E-state index contributed by atoms with van der Waals surface area (Å²) in [6.07, 6.45) is 0. The molecule has 0 N–H and O–H groups in total. The lowest BCUT2D eigenvalue weighted by Crippen LogP contribution is -2.00. The first-order valence-corrected chi connectivity index (χ1v) is 9.39. The third-order valence-corrected chi connectivity index (χ3v) is 5.44. The third-order valence-electron chi connectivity index (χ3n) is 3.66. The largest absolute Gasteiger partial charge is 0.302 e. The number of hydrogen-bond acceptors (Lipinski definition) is 3. The molecule has 2 aromatic carbocycles. The molecule has 6 heteroatoms. The highest BCUT2D eigenvalue weighted by Crippen LogP contribution is 2.30. The Morgan fingerprint density at radius 3 is 2.58 bits per heavy atom. The molecule has 0 bridgehead atoms. The smallest absolute Gasteiger partial charge is 0.191 e. The van der Waals surface area contributed by atoms with Gasteiger partial charge in [-0.05, 0) is 37.6 Å². The zero-order chi connectivity index (χ0) is 17.1. The van der Waals surface area contributed by atoms with Gasteiger partial charge in [0.15, 0.2) is 11.0 Å². The van der Waals surface area contributed by atoms with Gasteiger partial charge >= 0.3 is 0 Å². The molecule has 0 saturated carbocycles. The monoisotopic (exact) mass is 377 g/mol. The molecule has 0 atom stereocenters. The molecule has 0 spiro atoms. The van der Waals surface area contributed by atoms with Crippen molar-refractivity contribution in [2.75, 3.05) is 0 Å². The Labute approximate surface area is 156 Å². The van der Waals surface area contributed by atoms with Crippen LogP contribution in [0.4, 0.5) is 0 Å². The van der Waals surface area contributed by atoms with Crippen molar-refractivity contribution in [1.82, 2.24) is 14.8 Å². The van der Waals surface area contributed by atoms with E-state index >= 15 is 0 Å². The number of thioether (sulfide) groups is 1. The van der Waals surface area contributed by atoms with Gasteiger partial charge in [0, 0.05) is 17.9 Å². The van der Waals surface area contributed by atoms with Gasteiger partial charge in [-0.3, -0.25) is 0 Å². The van der Waals surface area contributed by atoms with E-state index in [9.17, 15) is 0 Å². The molecule has 1 aromatic heterocycles. The molecule has 1 heterocycles. The van der Waals surface area contributed by atoms with E-state index in [1.165, 1.54) is 11.1 Å². The van der Waals surface area contributed by atoms with Crippen LogP contribution in [0.15, 0.2) is 47.6 Å². The fourth-order valence-corrected chi connectivity index (χ4v) is 3.72. The Morgan fingerprint density at radius 2 is 1.88 bits per heavy atom. The number of aromatic nitrogens is 3. The summed E-state index contributed by atoms with van der Waals surface area (Å²) in [7, 11) is 0. The van der Waals surface area contributed by atoms with Crippen molar-refractivity contribution >= 4 is 35.0 Å². The standard InChI is InChI=1S/C18H17Cl2N3S/c1-3-23-17(14-7-8-15(19)16(20)10-14)21-22-18(23)24-11-13-6-4-5-12(2)9-13/h4-10H,3,11H2,1-2H3. The van der Waals surface area contributed by atoms with Crippen molar-refractivity contribution in [3.8, 4) is 11.4 Å². The second-order valence-electron chi connectivity index (χ2n) is 5.46. The van der Waals surface area contributed by atoms with Crippen LogP contribution in [-0.2, 0) is 12.3 Å². The summed E-state index contributed by atoms with van der Waals surface area (Å²) in [6.45, 7) is 4.98. The van der Waals surface area contributed by atoms with Crippen molar-refractivity contribution in [3.63, 3.8) is 0 Å². The molecule has 124 valence electrons. The quantitative estimate of drug-likeness (QED) is 0.520. The Morgan fingerprint density at radius 1 is 1.04 bits per heavy atom. The van der Waals surface area contributed by atoms with Gasteiger partial charge in [-0.2, -0.15) is 0 Å². The van der Waals surface area contributed by atoms with Crippen LogP contribution in [0.2, 0.25) is 10.0 Å². The van der Waals surface area contributed by atoms with Gasteiger partial charge in [-0.25, -0.2) is 0 Å². The molecule has 0 aliphatic rings. The van der Waals surface area contributed by atoms with Crippen LogP contribution >= 0.6 is 35.0 Å². The molecule has 3 rings (SSSR count). The maximum absolute atomic E-state index is 6.13. The van der Waals surface area contributed by atoms with Gasteiger partial charge < -0.3 is 4.57 Å². The van der Waals surface area contributed by atoms with Crippen LogP contribution in [0.25, 0.3) is 11.4 Å². The van der Waals surface area contributed by atoms with E-state index in [4.69, 9.17) is 23.2 Å². The first-order valence-electron chi connectivity index (χ1n) is 7.65. The minimum Gasteiger partial charge on any atom is -0.302 e. The van der Waals surface area contributed by atoms with Crippen molar-refractivity contribution in [2.24, 2.45) is 0 Å². The molecule has 0 radical (unpaired) electrons. The van der Waals surface area contributed by atoms with Gasteiger partial charge in [-0.15, -0.1) is 10.2 Å². The van der Waals surface area contributed by atoms with Crippen LogP contribution in [0.3, 0.4) is 0 Å². The Hall–Kier alpha value is -1.49. The molecule has 0 unspecified atom stereocenters. The summed E-state index contributed by atoms with van der Waals surface area (Å²) in [6, 6.07) is 14.0. The van der Waals surface area contributed by atoms with Crippen LogP contribution < -0.4 is 0 Å². The summed E-state index contributed by atoms with van der Waals surface area (Å²) in [5, 5.41) is 10.7. The highest BCUT2D eigenvalue weighted by molar-refractivity contribution is 7.98. The summed E-state index contributed by atoms with van der Waals surface area (Å²) in [5.41, 5.74) is 3.46. The summed E-state index contributed by atoms with van der Waals surface area (Å²) < 4.78 is 2.10. The van der Waals surface area contributed by atoms with Gasteiger partial charge in [0.2, 0.25) is 0 Å². The zero-order valence-electron chi connectivity index (χ0n) is 13.5. The maximum atomic E-state index is 6.13. The molecule has 0 fully saturated rings. The lowest BCUT2D eigenvalue weighted by molar-refractivity contribution is 0.687. The van der Waals surface area contributed by atoms with Crippen LogP contribution in [-0.4, -0.2) is 14.8 Å². The molecule has 3 nitrogen and oxygen atoms in total. The van der Waals surface area contributed by atoms with Crippen LogP contribution in [0.1, 0.15) is 18.1 Å². The van der Waals surface area contributed by atoms with E-state index in [2.05, 4.69) is 52.9 Å². The van der Waals surface area contributed by atoms with Gasteiger partial charge in [0.05, 0.1) is 10.0 Å². The first-order chi connectivity index (χ1) is 11.6. The highest BCUT2D eigenvalue weighted by Gasteiger charge is 2.14. The van der Waals surface area contributed by atoms with Crippen LogP contribution in [0.5, 0.6) is 0 Å². The topological polar surface area (TPSA) is 30.7 Å². The van der Waals surface area contributed by atoms with E-state index < -0.39 is 0 Å². The number of nitrogens with zero attached hydrogens (tertiary/aromatic N) is 3. The molecule has 3 aromatic rings. The predicted octanol–water partition coefficient (Wildman–Crippen LogP) is 5.87. The van der Waals surface area contributed by atoms with Crippen molar-refractivity contribution in [2.45, 2.75) is 31.3 Å². The second-order valence-corrected chi connectivity index (χ2v) is 7.21. The Kier molecular flexibility index (Phi) is 5.49. The fraction of sp³-hybridized carbons (Fsp3) is 0.222. The highest BCUT2D eigenvalue weighted by atomic mass is 35.5. The van der Waals surface area contributed by atoms with E-state index in [-0.39, 0.29) is 0 Å². The Balaban J connectivity index is 1.85. The molecular formula is C18H17Cl2N3S. The number of hydrogen-bond donors (Lipinski definition) is 0. The number of benzene rings is 2. The lowest BCUT2D eigenvalue weighted by Gasteiger charge is -2.08. The lowest BCUT2D eigenvalue weighted by atomic mass is 10.2. The van der Waals surface area contributed by atoms with Crippen molar-refractivity contribution in [3.05, 3.63) is 63.6 Å². The summed E-state index contributed by atoms with van der Waals surface area (Å²) in [5.74, 6) is 1.67. The van der Waals surface area contributed by atoms with E-state index in [0.29, 0.717) is 10.0 Å². The normalized spacial score (nSPS) is 11.0. The zero-order valence-corrected chi connectivity index (χ0v) is 15.8. The SMILES string of the molecule is CCn1c(SCc2cccc(C)c2)nnc1-c1ccc(Cl)c(Cl)c1. The van der Waals surface area contributed by atoms with Gasteiger partial charge in [0.1, 0.15) is 0 Å². The molecule has 0 aliphatic heterocycles. The van der Waals surface area contributed by atoms with Crippen LogP contribution in [0, 0.1) is 6.92 Å². The van der Waals surface area contributed by atoms with Crippen molar-refractivity contribution in [1.29, 1.82) is 0 Å². The van der Waals surface area contributed by atoms with E-state index in [1.807, 2.05) is 12.1 Å². The third kappa shape index (κ3) is 3.77. The van der Waals surface area contributed by atoms with Gasteiger partial charge in [0.25, 0.3) is 0 Å². The van der Waals surface area contributed by atoms with Crippen molar-refractivity contribution < 1.29 is 0 Å². The molecular weight excluding hydrogens is 361 g/mol. The Bertz CT molecular complexity index is 861. The average molecular weight is 378 g/mol. The average Bonchev–Trinajstić information content (AvgIpc) is 2.98. The number of aryl methyl sites for hydroxylation is 1. The summed E-state index contributed by atoms with van der Waals surface area (Å²) >= 11 is 13.8. The number of halogens is 2. The fourth-order valence-electron chi connectivity index (χ4n) is 2.48. The minimum atomic E-state index is 0.522.